The van der Waals surface area contributed by atoms with Crippen molar-refractivity contribution in [2.24, 2.45) is 4.99 Å². The molecule has 2 aliphatic rings. The predicted octanol–water partition coefficient (Wildman–Crippen LogP) is 3.60. The predicted molar refractivity (Wildman–Crippen MR) is 123 cm³/mol. The molecule has 3 rings (SSSR count). The molecule has 27 heavy (non-hydrogen) atoms. The van der Waals surface area contributed by atoms with E-state index in [4.69, 9.17) is 4.74 Å². The van der Waals surface area contributed by atoms with E-state index in [0.29, 0.717) is 6.10 Å². The van der Waals surface area contributed by atoms with Gasteiger partial charge >= 0.3 is 0 Å². The number of piperidine rings is 1. The van der Waals surface area contributed by atoms with E-state index >= 15 is 0 Å². The summed E-state index contributed by atoms with van der Waals surface area (Å²) in [6.07, 6.45) is 7.66. The average molecular weight is 486 g/mol. The third-order valence-corrected chi connectivity index (χ3v) is 5.38. The summed E-state index contributed by atoms with van der Waals surface area (Å²) in [7, 11) is 1.89. The van der Waals surface area contributed by atoms with Crippen LogP contribution in [0.4, 0.5) is 0 Å². The van der Waals surface area contributed by atoms with Crippen molar-refractivity contribution in [3.05, 3.63) is 30.3 Å². The molecule has 5 nitrogen and oxygen atoms in total. The Labute approximate surface area is 181 Å². The van der Waals surface area contributed by atoms with Crippen LogP contribution in [0.5, 0.6) is 5.75 Å². The topological polar surface area (TPSA) is 40.1 Å². The Morgan fingerprint density at radius 1 is 1.07 bits per heavy atom. The van der Waals surface area contributed by atoms with Gasteiger partial charge in [-0.1, -0.05) is 18.2 Å². The first kappa shape index (κ1) is 22.3. The van der Waals surface area contributed by atoms with Crippen molar-refractivity contribution >= 4 is 29.9 Å². The van der Waals surface area contributed by atoms with Gasteiger partial charge in [-0.3, -0.25) is 4.99 Å². The van der Waals surface area contributed by atoms with Gasteiger partial charge in [0.1, 0.15) is 11.9 Å². The summed E-state index contributed by atoms with van der Waals surface area (Å²) >= 11 is 0. The van der Waals surface area contributed by atoms with E-state index in [0.717, 1.165) is 44.2 Å². The third-order valence-electron chi connectivity index (χ3n) is 5.38. The Bertz CT molecular complexity index is 540. The van der Waals surface area contributed by atoms with E-state index in [1.807, 2.05) is 37.4 Å². The molecule has 0 aliphatic carbocycles. The van der Waals surface area contributed by atoms with Gasteiger partial charge in [0.25, 0.3) is 0 Å². The maximum Gasteiger partial charge on any atom is 0.193 e. The third kappa shape index (κ3) is 7.49. The van der Waals surface area contributed by atoms with E-state index < -0.39 is 0 Å². The normalized spacial score (nSPS) is 19.0. The van der Waals surface area contributed by atoms with Crippen LogP contribution in [0.2, 0.25) is 0 Å². The number of nitrogens with zero attached hydrogens (tertiary/aromatic N) is 3. The molecule has 152 valence electrons. The SMILES string of the molecule is CN=C(NCCCCN1CCCC1)N1CCC(Oc2ccccc2)CC1.I. The first-order chi connectivity index (χ1) is 12.8. The highest BCUT2D eigenvalue weighted by Gasteiger charge is 2.22. The smallest absolute Gasteiger partial charge is 0.193 e. The van der Waals surface area contributed by atoms with E-state index in [1.165, 1.54) is 45.3 Å². The summed E-state index contributed by atoms with van der Waals surface area (Å²) < 4.78 is 6.09. The van der Waals surface area contributed by atoms with Gasteiger partial charge in [0.05, 0.1) is 0 Å². The van der Waals surface area contributed by atoms with E-state index in [1.54, 1.807) is 0 Å². The number of ether oxygens (including phenoxy) is 1. The lowest BCUT2D eigenvalue weighted by Gasteiger charge is -2.34. The number of hydrogen-bond donors (Lipinski definition) is 1. The molecule has 0 amide bonds. The second-order valence-corrected chi connectivity index (χ2v) is 7.35. The first-order valence-electron chi connectivity index (χ1n) is 10.2. The molecular weight excluding hydrogens is 451 g/mol. The fourth-order valence-electron chi connectivity index (χ4n) is 3.88. The summed E-state index contributed by atoms with van der Waals surface area (Å²) in [4.78, 5) is 9.43. The van der Waals surface area contributed by atoms with Crippen LogP contribution in [0, 0.1) is 0 Å². The van der Waals surface area contributed by atoms with Crippen molar-refractivity contribution in [1.82, 2.24) is 15.1 Å². The minimum atomic E-state index is 0. The molecule has 0 atom stereocenters. The second kappa shape index (κ2) is 12.4. The van der Waals surface area contributed by atoms with Gasteiger partial charge in [0.2, 0.25) is 0 Å². The lowest BCUT2D eigenvalue weighted by molar-refractivity contribution is 0.129. The molecule has 6 heteroatoms. The molecule has 2 heterocycles. The highest BCUT2D eigenvalue weighted by molar-refractivity contribution is 14.0. The van der Waals surface area contributed by atoms with Gasteiger partial charge in [-0.05, 0) is 57.5 Å². The van der Waals surface area contributed by atoms with Gasteiger partial charge in [-0.15, -0.1) is 24.0 Å². The number of likely N-dealkylation sites (tertiary alicyclic amines) is 2. The number of hydrogen-bond acceptors (Lipinski definition) is 3. The molecule has 1 N–H and O–H groups in total. The maximum atomic E-state index is 6.09. The van der Waals surface area contributed by atoms with Crippen molar-refractivity contribution < 1.29 is 4.74 Å². The zero-order valence-electron chi connectivity index (χ0n) is 16.6. The van der Waals surface area contributed by atoms with Gasteiger partial charge in [-0.2, -0.15) is 0 Å². The summed E-state index contributed by atoms with van der Waals surface area (Å²) in [6.45, 7) is 6.88. The van der Waals surface area contributed by atoms with Crippen LogP contribution in [-0.4, -0.2) is 68.2 Å². The molecule has 0 radical (unpaired) electrons. The molecule has 2 aliphatic heterocycles. The number of rotatable bonds is 7. The lowest BCUT2D eigenvalue weighted by atomic mass is 10.1. The number of para-hydroxylation sites is 1. The molecule has 0 saturated carbocycles. The van der Waals surface area contributed by atoms with E-state index in [-0.39, 0.29) is 24.0 Å². The highest BCUT2D eigenvalue weighted by atomic mass is 127. The molecule has 0 aromatic heterocycles. The molecule has 1 aromatic rings. The quantitative estimate of drug-likeness (QED) is 0.277. The van der Waals surface area contributed by atoms with Crippen LogP contribution in [0.1, 0.15) is 38.5 Å². The lowest BCUT2D eigenvalue weighted by Crippen LogP contribution is -2.47. The second-order valence-electron chi connectivity index (χ2n) is 7.35. The van der Waals surface area contributed by atoms with Gasteiger partial charge < -0.3 is 19.9 Å². The number of unbranched alkanes of at least 4 members (excludes halogenated alkanes) is 1. The minimum Gasteiger partial charge on any atom is -0.490 e. The van der Waals surface area contributed by atoms with Crippen LogP contribution >= 0.6 is 24.0 Å². The number of benzene rings is 1. The molecule has 0 unspecified atom stereocenters. The molecular formula is C21H35IN4O. The highest BCUT2D eigenvalue weighted by Crippen LogP contribution is 2.18. The van der Waals surface area contributed by atoms with Crippen LogP contribution in [0.15, 0.2) is 35.3 Å². The number of aliphatic imine (C=N–C) groups is 1. The summed E-state index contributed by atoms with van der Waals surface area (Å²) in [5, 5.41) is 3.55. The zero-order chi connectivity index (χ0) is 18.0. The zero-order valence-corrected chi connectivity index (χ0v) is 18.9. The molecule has 1 aromatic carbocycles. The standard InChI is InChI=1S/C21H34N4O.HI/c1-22-21(23-13-5-6-14-24-15-7-8-16-24)25-17-11-20(12-18-25)26-19-9-3-2-4-10-19;/h2-4,9-10,20H,5-8,11-18H2,1H3,(H,22,23);1H. The number of halogens is 1. The molecule has 2 fully saturated rings. The van der Waals surface area contributed by atoms with Gasteiger partial charge in [0.15, 0.2) is 5.96 Å². The van der Waals surface area contributed by atoms with E-state index in [9.17, 15) is 0 Å². The first-order valence-corrected chi connectivity index (χ1v) is 10.2. The Balaban J connectivity index is 0.00000261. The monoisotopic (exact) mass is 486 g/mol. The van der Waals surface area contributed by atoms with E-state index in [2.05, 4.69) is 20.1 Å². The average Bonchev–Trinajstić information content (AvgIpc) is 3.20. The van der Waals surface area contributed by atoms with Crippen molar-refractivity contribution in [3.8, 4) is 5.75 Å². The summed E-state index contributed by atoms with van der Waals surface area (Å²) in [6, 6.07) is 10.2. The summed E-state index contributed by atoms with van der Waals surface area (Å²) in [5.74, 6) is 2.02. The van der Waals surface area contributed by atoms with Crippen LogP contribution in [-0.2, 0) is 0 Å². The Kier molecular flexibility index (Phi) is 10.3. The van der Waals surface area contributed by atoms with Gasteiger partial charge in [-0.25, -0.2) is 0 Å². The number of nitrogens with one attached hydrogen (secondary N) is 1. The van der Waals surface area contributed by atoms with Crippen LogP contribution in [0.25, 0.3) is 0 Å². The molecule has 2 saturated heterocycles. The number of guanidine groups is 1. The van der Waals surface area contributed by atoms with Crippen molar-refractivity contribution in [2.45, 2.75) is 44.6 Å². The fraction of sp³-hybridized carbons (Fsp3) is 0.667. The van der Waals surface area contributed by atoms with Gasteiger partial charge in [0, 0.05) is 39.5 Å². The Morgan fingerprint density at radius 2 is 1.78 bits per heavy atom. The molecule has 0 spiro atoms. The maximum absolute atomic E-state index is 6.09. The van der Waals surface area contributed by atoms with Crippen LogP contribution < -0.4 is 10.1 Å². The Morgan fingerprint density at radius 3 is 2.44 bits per heavy atom. The van der Waals surface area contributed by atoms with Crippen LogP contribution in [0.3, 0.4) is 0 Å². The molecule has 0 bridgehead atoms. The van der Waals surface area contributed by atoms with Crippen molar-refractivity contribution in [1.29, 1.82) is 0 Å². The van der Waals surface area contributed by atoms with Crippen molar-refractivity contribution in [3.63, 3.8) is 0 Å². The Hall–Kier alpha value is -1.02. The largest absolute Gasteiger partial charge is 0.490 e. The fourth-order valence-corrected chi connectivity index (χ4v) is 3.88. The minimum absolute atomic E-state index is 0. The van der Waals surface area contributed by atoms with Crippen molar-refractivity contribution in [2.75, 3.05) is 46.3 Å². The summed E-state index contributed by atoms with van der Waals surface area (Å²) in [5.41, 5.74) is 0.